The lowest BCUT2D eigenvalue weighted by atomic mass is 9.73. The number of allylic oxidation sites excluding steroid dienone is 2. The van der Waals surface area contributed by atoms with Gasteiger partial charge in [-0.05, 0) is 25.3 Å². The highest BCUT2D eigenvalue weighted by Crippen LogP contribution is 2.32. The van der Waals surface area contributed by atoms with E-state index in [0.717, 1.165) is 12.1 Å². The maximum atomic E-state index is 7.89. The Morgan fingerprint density at radius 1 is 1.50 bits per heavy atom. The summed E-state index contributed by atoms with van der Waals surface area (Å²) in [6.45, 7) is 10.6. The number of hydrogen-bond acceptors (Lipinski definition) is 1. The molecule has 1 heteroatoms. The van der Waals surface area contributed by atoms with Crippen LogP contribution in [-0.4, -0.2) is 5.71 Å². The summed E-state index contributed by atoms with van der Waals surface area (Å²) in [6.07, 6.45) is 4.88. The predicted octanol–water partition coefficient (Wildman–Crippen LogP) is 3.65. The highest BCUT2D eigenvalue weighted by Gasteiger charge is 2.29. The van der Waals surface area contributed by atoms with E-state index in [1.165, 1.54) is 0 Å². The summed E-state index contributed by atoms with van der Waals surface area (Å²) in [5.74, 6) is 0.534. The Bertz CT molecular complexity index is 179. The third-order valence-corrected chi connectivity index (χ3v) is 2.96. The highest BCUT2D eigenvalue weighted by atomic mass is 14.5. The zero-order valence-electron chi connectivity index (χ0n) is 8.94. The summed E-state index contributed by atoms with van der Waals surface area (Å²) in [5, 5.41) is 7.89. The van der Waals surface area contributed by atoms with Gasteiger partial charge in [-0.25, -0.2) is 0 Å². The van der Waals surface area contributed by atoms with Crippen molar-refractivity contribution in [1.29, 1.82) is 5.41 Å². The highest BCUT2D eigenvalue weighted by molar-refractivity contribution is 5.97. The monoisotopic (exact) mass is 167 g/mol. The Morgan fingerprint density at radius 2 is 2.00 bits per heavy atom. The van der Waals surface area contributed by atoms with E-state index < -0.39 is 0 Å². The first-order valence-electron chi connectivity index (χ1n) is 4.70. The minimum atomic E-state index is 0.0481. The number of hydrogen-bond donors (Lipinski definition) is 1. The van der Waals surface area contributed by atoms with Gasteiger partial charge in [-0.3, -0.25) is 0 Å². The molecule has 0 aliphatic carbocycles. The molecule has 0 unspecified atom stereocenters. The van der Waals surface area contributed by atoms with E-state index in [1.54, 1.807) is 0 Å². The standard InChI is InChI=1S/C11H21N/c1-6-8-10(12)11(5,7-2)9(3)4/h6,8-9,12H,7H2,1-5H3/b8-6-,12-10?/t11-/m1/s1. The Balaban J connectivity index is 4.63. The SMILES string of the molecule is C/C=C\C(=N)[C@](C)(CC)C(C)C. The lowest BCUT2D eigenvalue weighted by molar-refractivity contribution is 0.318. The van der Waals surface area contributed by atoms with Crippen LogP contribution >= 0.6 is 0 Å². The van der Waals surface area contributed by atoms with Crippen molar-refractivity contribution in [3.63, 3.8) is 0 Å². The number of rotatable bonds is 4. The smallest absolute Gasteiger partial charge is 0.0372 e. The first-order valence-corrected chi connectivity index (χ1v) is 4.70. The van der Waals surface area contributed by atoms with Crippen LogP contribution in [0.4, 0.5) is 0 Å². The lowest BCUT2D eigenvalue weighted by Crippen LogP contribution is -2.30. The van der Waals surface area contributed by atoms with Gasteiger partial charge in [-0.15, -0.1) is 0 Å². The zero-order chi connectivity index (χ0) is 9.78. The minimum absolute atomic E-state index is 0.0481. The van der Waals surface area contributed by atoms with Crippen LogP contribution in [0.3, 0.4) is 0 Å². The average molecular weight is 167 g/mol. The van der Waals surface area contributed by atoms with E-state index in [1.807, 2.05) is 19.1 Å². The van der Waals surface area contributed by atoms with Gasteiger partial charge in [-0.2, -0.15) is 0 Å². The summed E-state index contributed by atoms with van der Waals surface area (Å²) in [7, 11) is 0. The lowest BCUT2D eigenvalue weighted by Gasteiger charge is -2.32. The van der Waals surface area contributed by atoms with Crippen molar-refractivity contribution < 1.29 is 0 Å². The van der Waals surface area contributed by atoms with E-state index in [-0.39, 0.29) is 5.41 Å². The maximum Gasteiger partial charge on any atom is 0.0372 e. The van der Waals surface area contributed by atoms with Gasteiger partial charge in [0.2, 0.25) is 0 Å². The molecule has 0 heterocycles. The van der Waals surface area contributed by atoms with Gasteiger partial charge in [-0.1, -0.05) is 33.8 Å². The van der Waals surface area contributed by atoms with E-state index in [9.17, 15) is 0 Å². The van der Waals surface area contributed by atoms with Crippen molar-refractivity contribution in [3.05, 3.63) is 12.2 Å². The maximum absolute atomic E-state index is 7.89. The normalized spacial score (nSPS) is 16.8. The van der Waals surface area contributed by atoms with Gasteiger partial charge in [0.1, 0.15) is 0 Å². The Labute approximate surface area is 76.4 Å². The Kier molecular flexibility index (Phi) is 4.22. The fourth-order valence-electron chi connectivity index (χ4n) is 1.27. The number of nitrogens with one attached hydrogen (secondary N) is 1. The molecule has 0 saturated carbocycles. The molecule has 0 aromatic carbocycles. The molecule has 0 bridgehead atoms. The third-order valence-electron chi connectivity index (χ3n) is 2.96. The first kappa shape index (κ1) is 11.4. The van der Waals surface area contributed by atoms with Crippen LogP contribution in [0, 0.1) is 16.7 Å². The molecule has 1 atom stereocenters. The van der Waals surface area contributed by atoms with Gasteiger partial charge < -0.3 is 5.41 Å². The molecule has 0 spiro atoms. The molecule has 0 aromatic rings. The van der Waals surface area contributed by atoms with Crippen molar-refractivity contribution in [2.45, 2.75) is 41.0 Å². The quantitative estimate of drug-likeness (QED) is 0.618. The second-order valence-corrected chi connectivity index (χ2v) is 3.84. The summed E-state index contributed by atoms with van der Waals surface area (Å²) >= 11 is 0. The average Bonchev–Trinajstić information content (AvgIpc) is 2.03. The van der Waals surface area contributed by atoms with E-state index in [2.05, 4.69) is 27.7 Å². The molecule has 12 heavy (non-hydrogen) atoms. The summed E-state index contributed by atoms with van der Waals surface area (Å²) in [5.41, 5.74) is 0.800. The van der Waals surface area contributed by atoms with Crippen LogP contribution in [0.1, 0.15) is 41.0 Å². The predicted molar refractivity (Wildman–Crippen MR) is 55.8 cm³/mol. The first-order chi connectivity index (χ1) is 5.49. The van der Waals surface area contributed by atoms with E-state index in [0.29, 0.717) is 5.92 Å². The molecule has 0 rings (SSSR count). The molecular weight excluding hydrogens is 146 g/mol. The zero-order valence-corrected chi connectivity index (χ0v) is 8.94. The van der Waals surface area contributed by atoms with Crippen LogP contribution in [0.15, 0.2) is 12.2 Å². The van der Waals surface area contributed by atoms with Gasteiger partial charge >= 0.3 is 0 Å². The van der Waals surface area contributed by atoms with Gasteiger partial charge in [0.25, 0.3) is 0 Å². The van der Waals surface area contributed by atoms with Crippen molar-refractivity contribution in [2.75, 3.05) is 0 Å². The Morgan fingerprint density at radius 3 is 2.25 bits per heavy atom. The minimum Gasteiger partial charge on any atom is -0.305 e. The van der Waals surface area contributed by atoms with Crippen LogP contribution in [0.25, 0.3) is 0 Å². The summed E-state index contributed by atoms with van der Waals surface area (Å²) in [4.78, 5) is 0. The van der Waals surface area contributed by atoms with Crippen LogP contribution < -0.4 is 0 Å². The second kappa shape index (κ2) is 4.44. The van der Waals surface area contributed by atoms with Gasteiger partial charge in [0, 0.05) is 11.1 Å². The second-order valence-electron chi connectivity index (χ2n) is 3.84. The van der Waals surface area contributed by atoms with Gasteiger partial charge in [0.15, 0.2) is 0 Å². The van der Waals surface area contributed by atoms with Crippen LogP contribution in [0.2, 0.25) is 0 Å². The summed E-state index contributed by atoms with van der Waals surface area (Å²) < 4.78 is 0. The molecule has 1 N–H and O–H groups in total. The fraction of sp³-hybridized carbons (Fsp3) is 0.727. The van der Waals surface area contributed by atoms with Crippen LogP contribution in [0.5, 0.6) is 0 Å². The molecule has 0 aromatic heterocycles. The molecule has 0 aliphatic heterocycles. The molecule has 0 radical (unpaired) electrons. The third kappa shape index (κ3) is 2.20. The van der Waals surface area contributed by atoms with E-state index >= 15 is 0 Å². The summed E-state index contributed by atoms with van der Waals surface area (Å²) in [6, 6.07) is 0. The molecule has 70 valence electrons. The molecule has 0 fully saturated rings. The van der Waals surface area contributed by atoms with Crippen molar-refractivity contribution >= 4 is 5.71 Å². The Hall–Kier alpha value is -0.590. The molecule has 0 saturated heterocycles. The van der Waals surface area contributed by atoms with Crippen LogP contribution in [-0.2, 0) is 0 Å². The van der Waals surface area contributed by atoms with Crippen molar-refractivity contribution in [1.82, 2.24) is 0 Å². The van der Waals surface area contributed by atoms with Gasteiger partial charge in [0.05, 0.1) is 0 Å². The molecule has 0 aliphatic rings. The largest absolute Gasteiger partial charge is 0.305 e. The fourth-order valence-corrected chi connectivity index (χ4v) is 1.27. The van der Waals surface area contributed by atoms with Crippen molar-refractivity contribution in [3.8, 4) is 0 Å². The molecular formula is C11H21N. The topological polar surface area (TPSA) is 23.9 Å². The molecule has 1 nitrogen and oxygen atoms in total. The van der Waals surface area contributed by atoms with E-state index in [4.69, 9.17) is 5.41 Å². The van der Waals surface area contributed by atoms with Crippen molar-refractivity contribution in [2.24, 2.45) is 11.3 Å². The molecule has 0 amide bonds.